The van der Waals surface area contributed by atoms with Crippen LogP contribution in [0.4, 0.5) is 13.2 Å². The number of nitrogens with zero attached hydrogens (tertiary/aromatic N) is 1. The topological polar surface area (TPSA) is 24.9 Å². The van der Waals surface area contributed by atoms with Crippen LogP contribution < -0.4 is 5.32 Å². The van der Waals surface area contributed by atoms with E-state index in [2.05, 4.69) is 21.5 Å². The van der Waals surface area contributed by atoms with Gasteiger partial charge in [-0.05, 0) is 42.8 Å². The average molecular weight is 346 g/mol. The first-order valence-corrected chi connectivity index (χ1v) is 7.97. The maximum Gasteiger partial charge on any atom is 0.416 e. The van der Waals surface area contributed by atoms with Gasteiger partial charge in [-0.2, -0.15) is 17.5 Å². The molecule has 0 aliphatic carbocycles. The van der Waals surface area contributed by atoms with Crippen LogP contribution in [-0.2, 0) is 6.18 Å². The predicted molar refractivity (Wildman–Crippen MR) is 90.9 cm³/mol. The Balaban J connectivity index is 1.95. The normalized spacial score (nSPS) is 11.3. The number of hydrogen-bond acceptors (Lipinski definition) is 3. The van der Waals surface area contributed by atoms with Crippen molar-refractivity contribution < 1.29 is 13.2 Å². The van der Waals surface area contributed by atoms with E-state index in [1.807, 2.05) is 25.2 Å². The molecule has 122 valence electrons. The lowest BCUT2D eigenvalue weighted by molar-refractivity contribution is -0.137. The highest BCUT2D eigenvalue weighted by Crippen LogP contribution is 2.34. The van der Waals surface area contributed by atoms with Crippen molar-refractivity contribution in [2.24, 2.45) is 0 Å². The number of rotatable bonds is 2. The molecule has 0 atom stereocenters. The average Bonchev–Trinajstić information content (AvgIpc) is 2.97. The fourth-order valence-corrected chi connectivity index (χ4v) is 3.11. The molecule has 0 spiro atoms. The maximum atomic E-state index is 12.7. The molecule has 0 unspecified atom stereocenters. The van der Waals surface area contributed by atoms with Crippen molar-refractivity contribution in [2.75, 3.05) is 13.6 Å². The summed E-state index contributed by atoms with van der Waals surface area (Å²) < 4.78 is 43.3. The van der Waals surface area contributed by atoms with Crippen LogP contribution in [0.1, 0.15) is 11.1 Å². The molecular formula is C18H13F3N2S. The third kappa shape index (κ3) is 3.42. The molecule has 0 bridgehead atoms. The maximum absolute atomic E-state index is 12.7. The van der Waals surface area contributed by atoms with Crippen molar-refractivity contribution in [3.05, 3.63) is 53.6 Å². The molecule has 1 heterocycles. The number of benzene rings is 2. The summed E-state index contributed by atoms with van der Waals surface area (Å²) in [5.41, 5.74) is 1.59. The molecule has 0 saturated heterocycles. The van der Waals surface area contributed by atoms with Crippen molar-refractivity contribution in [1.82, 2.24) is 9.69 Å². The Morgan fingerprint density at radius 1 is 1.12 bits per heavy atom. The van der Waals surface area contributed by atoms with Crippen LogP contribution in [0.15, 0.2) is 42.5 Å². The van der Waals surface area contributed by atoms with E-state index < -0.39 is 11.7 Å². The van der Waals surface area contributed by atoms with E-state index in [1.165, 1.54) is 23.7 Å². The van der Waals surface area contributed by atoms with Crippen LogP contribution in [0, 0.1) is 11.8 Å². The van der Waals surface area contributed by atoms with Crippen LogP contribution in [-0.4, -0.2) is 18.0 Å². The highest BCUT2D eigenvalue weighted by atomic mass is 32.1. The van der Waals surface area contributed by atoms with Crippen LogP contribution in [0.5, 0.6) is 0 Å². The minimum atomic E-state index is -4.33. The van der Waals surface area contributed by atoms with Gasteiger partial charge < -0.3 is 5.32 Å². The summed E-state index contributed by atoms with van der Waals surface area (Å²) in [6.45, 7) is 0.609. The minimum Gasteiger partial charge on any atom is -0.309 e. The van der Waals surface area contributed by atoms with Gasteiger partial charge in [0.25, 0.3) is 0 Å². The smallest absolute Gasteiger partial charge is 0.309 e. The van der Waals surface area contributed by atoms with Gasteiger partial charge in [-0.25, -0.2) is 0 Å². The van der Waals surface area contributed by atoms with Crippen LogP contribution in [0.2, 0.25) is 0 Å². The summed E-state index contributed by atoms with van der Waals surface area (Å²) in [4.78, 5) is 0. The zero-order chi connectivity index (χ0) is 17.2. The van der Waals surface area contributed by atoms with Crippen molar-refractivity contribution in [3.8, 4) is 23.1 Å². The Bertz CT molecular complexity index is 915. The number of nitrogens with one attached hydrogen (secondary N) is 1. The SMILES string of the molecule is CNCC#Cc1ccc2c(-c3ccc(C(F)(F)F)cc3)nsc2c1. The first kappa shape index (κ1) is 16.5. The number of hydrogen-bond donors (Lipinski definition) is 1. The molecular weight excluding hydrogens is 333 g/mol. The highest BCUT2D eigenvalue weighted by molar-refractivity contribution is 7.13. The lowest BCUT2D eigenvalue weighted by atomic mass is 10.0. The van der Waals surface area contributed by atoms with E-state index in [9.17, 15) is 13.2 Å². The third-order valence-electron chi connectivity index (χ3n) is 3.46. The van der Waals surface area contributed by atoms with Crippen molar-refractivity contribution in [2.45, 2.75) is 6.18 Å². The monoisotopic (exact) mass is 346 g/mol. The molecule has 2 nitrogen and oxygen atoms in total. The molecule has 0 fully saturated rings. The summed E-state index contributed by atoms with van der Waals surface area (Å²) in [5.74, 6) is 6.04. The molecule has 0 aliphatic rings. The first-order chi connectivity index (χ1) is 11.5. The van der Waals surface area contributed by atoms with Gasteiger partial charge in [0.05, 0.1) is 22.5 Å². The fraction of sp³-hybridized carbons (Fsp3) is 0.167. The molecule has 1 aromatic heterocycles. The Hall–Kier alpha value is -2.36. The molecule has 0 aliphatic heterocycles. The van der Waals surface area contributed by atoms with Gasteiger partial charge in [-0.1, -0.05) is 30.0 Å². The van der Waals surface area contributed by atoms with Gasteiger partial charge in [0, 0.05) is 16.5 Å². The van der Waals surface area contributed by atoms with Crippen LogP contribution >= 0.6 is 11.5 Å². The summed E-state index contributed by atoms with van der Waals surface area (Å²) >= 11 is 1.32. The predicted octanol–water partition coefficient (Wildman–Crippen LogP) is 4.55. The summed E-state index contributed by atoms with van der Waals surface area (Å²) in [6, 6.07) is 10.8. The summed E-state index contributed by atoms with van der Waals surface area (Å²) in [5, 5.41) is 3.87. The zero-order valence-corrected chi connectivity index (χ0v) is 13.6. The standard InChI is InChI=1S/C18H13F3N2S/c1-22-10-2-3-12-4-9-15-16(11-12)24-23-17(15)13-5-7-14(8-6-13)18(19,20)21/h4-9,11,22H,10H2,1H3. The molecule has 0 amide bonds. The fourth-order valence-electron chi connectivity index (χ4n) is 2.28. The lowest BCUT2D eigenvalue weighted by Gasteiger charge is -2.06. The zero-order valence-electron chi connectivity index (χ0n) is 12.7. The number of fused-ring (bicyclic) bond motifs is 1. The highest BCUT2D eigenvalue weighted by Gasteiger charge is 2.30. The molecule has 2 aromatic carbocycles. The largest absolute Gasteiger partial charge is 0.416 e. The van der Waals surface area contributed by atoms with Crippen molar-refractivity contribution in [1.29, 1.82) is 0 Å². The molecule has 24 heavy (non-hydrogen) atoms. The lowest BCUT2D eigenvalue weighted by Crippen LogP contribution is -2.04. The van der Waals surface area contributed by atoms with E-state index in [0.717, 1.165) is 27.8 Å². The number of aromatic nitrogens is 1. The number of alkyl halides is 3. The van der Waals surface area contributed by atoms with E-state index in [1.54, 1.807) is 0 Å². The van der Waals surface area contributed by atoms with Gasteiger partial charge in [-0.15, -0.1) is 0 Å². The summed E-state index contributed by atoms with van der Waals surface area (Å²) in [6.07, 6.45) is -4.33. The van der Waals surface area contributed by atoms with Crippen molar-refractivity contribution in [3.63, 3.8) is 0 Å². The molecule has 1 N–H and O–H groups in total. The van der Waals surface area contributed by atoms with Crippen LogP contribution in [0.3, 0.4) is 0 Å². The molecule has 3 aromatic rings. The second-order valence-corrected chi connectivity index (χ2v) is 5.95. The molecule has 0 radical (unpaired) electrons. The van der Waals surface area contributed by atoms with Gasteiger partial charge >= 0.3 is 6.18 Å². The van der Waals surface area contributed by atoms with E-state index in [-0.39, 0.29) is 0 Å². The quantitative estimate of drug-likeness (QED) is 0.689. The summed E-state index contributed by atoms with van der Waals surface area (Å²) in [7, 11) is 1.83. The van der Waals surface area contributed by atoms with Gasteiger partial charge in [0.1, 0.15) is 0 Å². The Labute approximate surface area is 141 Å². The second-order valence-electron chi connectivity index (χ2n) is 5.15. The Morgan fingerprint density at radius 3 is 2.54 bits per heavy atom. The van der Waals surface area contributed by atoms with Gasteiger partial charge in [-0.3, -0.25) is 0 Å². The Morgan fingerprint density at radius 2 is 1.88 bits per heavy atom. The van der Waals surface area contributed by atoms with Crippen LogP contribution in [0.25, 0.3) is 21.3 Å². The molecule has 0 saturated carbocycles. The Kier molecular flexibility index (Phi) is 4.56. The van der Waals surface area contributed by atoms with E-state index >= 15 is 0 Å². The molecule has 3 rings (SSSR count). The van der Waals surface area contributed by atoms with E-state index in [0.29, 0.717) is 17.8 Å². The molecule has 6 heteroatoms. The third-order valence-corrected chi connectivity index (χ3v) is 4.26. The van der Waals surface area contributed by atoms with Gasteiger partial charge in [0.2, 0.25) is 0 Å². The van der Waals surface area contributed by atoms with E-state index in [4.69, 9.17) is 0 Å². The minimum absolute atomic E-state index is 0.609. The number of halogens is 3. The first-order valence-electron chi connectivity index (χ1n) is 7.19. The van der Waals surface area contributed by atoms with Gasteiger partial charge in [0.15, 0.2) is 0 Å². The van der Waals surface area contributed by atoms with Crippen molar-refractivity contribution >= 4 is 21.6 Å². The second kappa shape index (κ2) is 6.63.